The molecule has 1 aromatic rings. The lowest BCUT2D eigenvalue weighted by atomic mass is 9.81. The number of alkyl halides is 1. The van der Waals surface area contributed by atoms with Gasteiger partial charge in [0.15, 0.2) is 0 Å². The Labute approximate surface area is 119 Å². The molecule has 1 aromatic carbocycles. The molecule has 1 aliphatic carbocycles. The standard InChI is InChI=1S/C13H15Br2Cl/c1-8-5-12(15)10(7-11(8)14)13(16)6-9-3-2-4-9/h5,7,9,13H,2-4,6H2,1H3. The van der Waals surface area contributed by atoms with Gasteiger partial charge in [0.2, 0.25) is 0 Å². The van der Waals surface area contributed by atoms with E-state index in [0.29, 0.717) is 0 Å². The molecule has 0 N–H and O–H groups in total. The molecule has 2 rings (SSSR count). The maximum Gasteiger partial charge on any atom is 0.0599 e. The van der Waals surface area contributed by atoms with Gasteiger partial charge in [-0.3, -0.25) is 0 Å². The third kappa shape index (κ3) is 2.83. The highest BCUT2D eigenvalue weighted by atomic mass is 79.9. The summed E-state index contributed by atoms with van der Waals surface area (Å²) in [6, 6.07) is 4.28. The van der Waals surface area contributed by atoms with Crippen molar-refractivity contribution in [3.63, 3.8) is 0 Å². The second-order valence-corrected chi connectivity index (χ2v) is 6.86. The quantitative estimate of drug-likeness (QED) is 0.576. The van der Waals surface area contributed by atoms with E-state index in [0.717, 1.165) is 21.3 Å². The first kappa shape index (κ1) is 12.9. The Balaban J connectivity index is 2.14. The molecule has 16 heavy (non-hydrogen) atoms. The van der Waals surface area contributed by atoms with Crippen molar-refractivity contribution in [1.82, 2.24) is 0 Å². The van der Waals surface area contributed by atoms with Crippen LogP contribution in [0.1, 0.15) is 42.2 Å². The molecule has 1 fully saturated rings. The molecule has 0 saturated heterocycles. The Hall–Kier alpha value is 0.470. The van der Waals surface area contributed by atoms with Crippen molar-refractivity contribution in [3.8, 4) is 0 Å². The van der Waals surface area contributed by atoms with E-state index in [1.54, 1.807) is 0 Å². The average molecular weight is 367 g/mol. The van der Waals surface area contributed by atoms with Gasteiger partial charge in [0.1, 0.15) is 0 Å². The van der Waals surface area contributed by atoms with Crippen LogP contribution in [0.4, 0.5) is 0 Å². The number of benzene rings is 1. The normalized spacial score (nSPS) is 18.2. The maximum atomic E-state index is 6.49. The van der Waals surface area contributed by atoms with Crippen LogP contribution in [-0.2, 0) is 0 Å². The van der Waals surface area contributed by atoms with Gasteiger partial charge in [0.05, 0.1) is 5.38 Å². The summed E-state index contributed by atoms with van der Waals surface area (Å²) < 4.78 is 2.28. The average Bonchev–Trinajstić information content (AvgIpc) is 2.17. The van der Waals surface area contributed by atoms with E-state index in [2.05, 4.69) is 50.9 Å². The van der Waals surface area contributed by atoms with Crippen molar-refractivity contribution in [2.45, 2.75) is 38.0 Å². The number of halogens is 3. The highest BCUT2D eigenvalue weighted by Crippen LogP contribution is 2.41. The van der Waals surface area contributed by atoms with Crippen LogP contribution in [0, 0.1) is 12.8 Å². The lowest BCUT2D eigenvalue weighted by Crippen LogP contribution is -2.13. The molecule has 0 spiro atoms. The van der Waals surface area contributed by atoms with Gasteiger partial charge in [0, 0.05) is 8.95 Å². The Morgan fingerprint density at radius 2 is 2.00 bits per heavy atom. The predicted octanol–water partition coefficient (Wildman–Crippen LogP) is 5.99. The number of hydrogen-bond acceptors (Lipinski definition) is 0. The summed E-state index contributed by atoms with van der Waals surface area (Å²) >= 11 is 13.7. The monoisotopic (exact) mass is 364 g/mol. The summed E-state index contributed by atoms with van der Waals surface area (Å²) in [6.07, 6.45) is 5.20. The van der Waals surface area contributed by atoms with E-state index in [1.165, 1.54) is 30.4 Å². The molecule has 1 atom stereocenters. The molecule has 1 aliphatic rings. The molecule has 0 heterocycles. The van der Waals surface area contributed by atoms with Gasteiger partial charge >= 0.3 is 0 Å². The number of hydrogen-bond donors (Lipinski definition) is 0. The minimum Gasteiger partial charge on any atom is -0.118 e. The Morgan fingerprint density at radius 1 is 1.31 bits per heavy atom. The van der Waals surface area contributed by atoms with Gasteiger partial charge < -0.3 is 0 Å². The minimum absolute atomic E-state index is 0.136. The van der Waals surface area contributed by atoms with E-state index in [4.69, 9.17) is 11.6 Å². The zero-order chi connectivity index (χ0) is 11.7. The third-order valence-corrected chi connectivity index (χ3v) is 5.33. The van der Waals surface area contributed by atoms with Crippen LogP contribution in [0.25, 0.3) is 0 Å². The molecule has 0 aromatic heterocycles. The van der Waals surface area contributed by atoms with Gasteiger partial charge in [0.25, 0.3) is 0 Å². The Morgan fingerprint density at radius 3 is 2.56 bits per heavy atom. The van der Waals surface area contributed by atoms with Crippen LogP contribution >= 0.6 is 43.5 Å². The van der Waals surface area contributed by atoms with Crippen LogP contribution in [0.5, 0.6) is 0 Å². The Bertz CT molecular complexity index is 386. The zero-order valence-corrected chi connectivity index (χ0v) is 13.2. The molecule has 1 unspecified atom stereocenters. The first-order valence-corrected chi connectivity index (χ1v) is 7.69. The van der Waals surface area contributed by atoms with Gasteiger partial charge in [-0.15, -0.1) is 11.6 Å². The van der Waals surface area contributed by atoms with Crippen LogP contribution < -0.4 is 0 Å². The van der Waals surface area contributed by atoms with Crippen molar-refractivity contribution >= 4 is 43.5 Å². The van der Waals surface area contributed by atoms with Crippen molar-refractivity contribution in [3.05, 3.63) is 32.2 Å². The summed E-state index contributed by atoms with van der Waals surface area (Å²) in [4.78, 5) is 0. The first-order chi connectivity index (χ1) is 7.58. The summed E-state index contributed by atoms with van der Waals surface area (Å²) in [5.41, 5.74) is 2.45. The van der Waals surface area contributed by atoms with E-state index < -0.39 is 0 Å². The molecule has 88 valence electrons. The molecule has 0 nitrogen and oxygen atoms in total. The molecular weight excluding hydrogens is 351 g/mol. The van der Waals surface area contributed by atoms with Gasteiger partial charge in [-0.2, -0.15) is 0 Å². The van der Waals surface area contributed by atoms with Gasteiger partial charge in [-0.25, -0.2) is 0 Å². The summed E-state index contributed by atoms with van der Waals surface area (Å²) in [6.45, 7) is 2.09. The van der Waals surface area contributed by atoms with E-state index in [-0.39, 0.29) is 5.38 Å². The highest BCUT2D eigenvalue weighted by Gasteiger charge is 2.23. The predicted molar refractivity (Wildman–Crippen MR) is 77.1 cm³/mol. The van der Waals surface area contributed by atoms with E-state index in [1.807, 2.05) is 0 Å². The second kappa shape index (κ2) is 5.41. The largest absolute Gasteiger partial charge is 0.118 e. The molecule has 1 saturated carbocycles. The lowest BCUT2D eigenvalue weighted by Gasteiger charge is -2.27. The molecule has 0 radical (unpaired) electrons. The number of aryl methyl sites for hydroxylation is 1. The SMILES string of the molecule is Cc1cc(Br)c(C(Cl)CC2CCC2)cc1Br. The summed E-state index contributed by atoms with van der Waals surface area (Å²) in [5.74, 6) is 0.842. The minimum atomic E-state index is 0.136. The fourth-order valence-corrected chi connectivity index (χ4v) is 3.71. The fraction of sp³-hybridized carbons (Fsp3) is 0.538. The molecule has 0 bridgehead atoms. The smallest absolute Gasteiger partial charge is 0.0599 e. The third-order valence-electron chi connectivity index (χ3n) is 3.38. The van der Waals surface area contributed by atoms with Crippen LogP contribution in [0.3, 0.4) is 0 Å². The number of rotatable bonds is 3. The van der Waals surface area contributed by atoms with Gasteiger partial charge in [-0.05, 0) is 42.5 Å². The zero-order valence-electron chi connectivity index (χ0n) is 9.27. The molecule has 0 aliphatic heterocycles. The van der Waals surface area contributed by atoms with E-state index >= 15 is 0 Å². The second-order valence-electron chi connectivity index (χ2n) is 4.62. The van der Waals surface area contributed by atoms with Crippen LogP contribution in [-0.4, -0.2) is 0 Å². The van der Waals surface area contributed by atoms with Crippen LogP contribution in [0.2, 0.25) is 0 Å². The maximum absolute atomic E-state index is 6.49. The summed E-state index contributed by atoms with van der Waals surface area (Å²) in [7, 11) is 0. The van der Waals surface area contributed by atoms with Crippen molar-refractivity contribution in [2.75, 3.05) is 0 Å². The highest BCUT2D eigenvalue weighted by molar-refractivity contribution is 9.11. The summed E-state index contributed by atoms with van der Waals surface area (Å²) in [5, 5.41) is 0.136. The lowest BCUT2D eigenvalue weighted by molar-refractivity contribution is 0.293. The Kier molecular flexibility index (Phi) is 4.37. The van der Waals surface area contributed by atoms with Crippen molar-refractivity contribution < 1.29 is 0 Å². The first-order valence-electron chi connectivity index (χ1n) is 5.67. The van der Waals surface area contributed by atoms with Crippen molar-refractivity contribution in [2.24, 2.45) is 5.92 Å². The molecule has 3 heteroatoms. The molecule has 0 amide bonds. The molecular formula is C13H15Br2Cl. The topological polar surface area (TPSA) is 0 Å². The van der Waals surface area contributed by atoms with E-state index in [9.17, 15) is 0 Å². The van der Waals surface area contributed by atoms with Crippen LogP contribution in [0.15, 0.2) is 21.1 Å². The van der Waals surface area contributed by atoms with Crippen molar-refractivity contribution in [1.29, 1.82) is 0 Å². The fourth-order valence-electron chi connectivity index (χ4n) is 2.05. The van der Waals surface area contributed by atoms with Gasteiger partial charge in [-0.1, -0.05) is 51.1 Å².